The molecule has 3 heterocycles. The number of aromatic nitrogens is 4. The van der Waals surface area contributed by atoms with E-state index in [2.05, 4.69) is 31.2 Å². The van der Waals surface area contributed by atoms with Gasteiger partial charge in [0.05, 0.1) is 28.5 Å². The van der Waals surface area contributed by atoms with Crippen LogP contribution in [0.1, 0.15) is 6.04 Å². The number of aliphatic hydroxyl groups is 3. The van der Waals surface area contributed by atoms with Gasteiger partial charge < -0.3 is 20.1 Å². The van der Waals surface area contributed by atoms with Gasteiger partial charge in [0.2, 0.25) is 0 Å². The lowest BCUT2D eigenvalue weighted by molar-refractivity contribution is -0.179. The molecule has 14 heteroatoms. The van der Waals surface area contributed by atoms with Crippen LogP contribution in [0, 0.1) is 17.5 Å². The SMILES string of the molecule is O=S(c1cncc(Br)c1)[C@H]1OC(CO)[C@H](O)[C@H](n2cc(-c3cc(F)c(F)c(F)c3)nn2)C1O. The van der Waals surface area contributed by atoms with E-state index in [1.54, 1.807) is 0 Å². The average molecular weight is 549 g/mol. The largest absolute Gasteiger partial charge is 0.394 e. The second-order valence-corrected chi connectivity index (χ2v) is 9.62. The minimum atomic E-state index is -1.97. The van der Waals surface area contributed by atoms with Crippen LogP contribution in [0.3, 0.4) is 0 Å². The van der Waals surface area contributed by atoms with E-state index in [4.69, 9.17) is 4.74 Å². The Hall–Kier alpha value is -2.23. The Labute approximate surface area is 195 Å². The fourth-order valence-electron chi connectivity index (χ4n) is 3.45. The van der Waals surface area contributed by atoms with Crippen LogP contribution in [0.25, 0.3) is 11.3 Å². The number of hydrogen-bond acceptors (Lipinski definition) is 8. The number of nitrogens with zero attached hydrogens (tertiary/aromatic N) is 4. The van der Waals surface area contributed by atoms with E-state index in [0.29, 0.717) is 4.47 Å². The van der Waals surface area contributed by atoms with Crippen LogP contribution in [0.2, 0.25) is 0 Å². The zero-order valence-corrected chi connectivity index (χ0v) is 18.8. The van der Waals surface area contributed by atoms with Crippen LogP contribution in [0.4, 0.5) is 13.2 Å². The molecule has 6 atom stereocenters. The third-order valence-electron chi connectivity index (χ3n) is 5.07. The average Bonchev–Trinajstić information content (AvgIpc) is 3.27. The second-order valence-electron chi connectivity index (χ2n) is 7.17. The van der Waals surface area contributed by atoms with Crippen LogP contribution in [-0.2, 0) is 15.5 Å². The summed E-state index contributed by atoms with van der Waals surface area (Å²) in [5.41, 5.74) is -1.60. The molecule has 33 heavy (non-hydrogen) atoms. The highest BCUT2D eigenvalue weighted by Crippen LogP contribution is 2.34. The Morgan fingerprint density at radius 1 is 1.12 bits per heavy atom. The van der Waals surface area contributed by atoms with Gasteiger partial charge in [0.1, 0.15) is 30.0 Å². The summed E-state index contributed by atoms with van der Waals surface area (Å²) in [6.07, 6.45) is -0.380. The molecule has 3 unspecified atom stereocenters. The normalized spacial score (nSPS) is 26.3. The molecule has 3 N–H and O–H groups in total. The first-order valence-corrected chi connectivity index (χ1v) is 11.4. The maximum Gasteiger partial charge on any atom is 0.194 e. The van der Waals surface area contributed by atoms with Crippen molar-refractivity contribution in [1.82, 2.24) is 20.0 Å². The summed E-state index contributed by atoms with van der Waals surface area (Å²) in [5.74, 6) is -4.49. The predicted molar refractivity (Wildman–Crippen MR) is 110 cm³/mol. The van der Waals surface area contributed by atoms with Crippen molar-refractivity contribution in [2.24, 2.45) is 0 Å². The maximum absolute atomic E-state index is 13.6. The lowest BCUT2D eigenvalue weighted by Crippen LogP contribution is -2.57. The standard InChI is InChI=1S/C19H16BrF3N4O5S/c20-9-3-10(5-24-4-9)33(31)19-18(30)16(17(29)14(7-28)32-19)27-6-13(25-26-27)8-1-11(21)15(23)12(22)2-8/h1-6,14,16-19,28-30H,7H2/t14?,16-,17-,18?,19+,33?/m0/s1. The molecule has 0 saturated carbocycles. The Balaban J connectivity index is 1.68. The minimum Gasteiger partial charge on any atom is -0.394 e. The van der Waals surface area contributed by atoms with Crippen LogP contribution in [0.5, 0.6) is 0 Å². The number of aliphatic hydroxyl groups excluding tert-OH is 3. The number of benzene rings is 1. The first kappa shape index (κ1) is 23.9. The molecule has 2 aromatic heterocycles. The fraction of sp³-hybridized carbons (Fsp3) is 0.316. The molecule has 0 radical (unpaired) electrons. The predicted octanol–water partition coefficient (Wildman–Crippen LogP) is 1.31. The molecule has 4 rings (SSSR count). The lowest BCUT2D eigenvalue weighted by Gasteiger charge is -2.41. The van der Waals surface area contributed by atoms with Gasteiger partial charge in [-0.05, 0) is 34.1 Å². The van der Waals surface area contributed by atoms with Gasteiger partial charge in [0.25, 0.3) is 0 Å². The molecule has 1 aromatic carbocycles. The third-order valence-corrected chi connectivity index (χ3v) is 7.00. The number of ether oxygens (including phenoxy) is 1. The smallest absolute Gasteiger partial charge is 0.194 e. The molecule has 9 nitrogen and oxygen atoms in total. The highest BCUT2D eigenvalue weighted by Gasteiger charge is 2.48. The van der Waals surface area contributed by atoms with E-state index in [0.717, 1.165) is 16.8 Å². The van der Waals surface area contributed by atoms with Gasteiger partial charge in [0, 0.05) is 22.4 Å². The zero-order chi connectivity index (χ0) is 23.9. The molecule has 3 aromatic rings. The summed E-state index contributed by atoms with van der Waals surface area (Å²) in [5, 5.41) is 38.8. The van der Waals surface area contributed by atoms with E-state index < -0.39 is 64.6 Å². The molecular weight excluding hydrogens is 533 g/mol. The molecule has 176 valence electrons. The van der Waals surface area contributed by atoms with Gasteiger partial charge in [-0.25, -0.2) is 17.9 Å². The number of rotatable bonds is 5. The van der Waals surface area contributed by atoms with E-state index in [1.165, 1.54) is 24.7 Å². The summed E-state index contributed by atoms with van der Waals surface area (Å²) in [6.45, 7) is -0.662. The first-order valence-electron chi connectivity index (χ1n) is 9.41. The quantitative estimate of drug-likeness (QED) is 0.407. The highest BCUT2D eigenvalue weighted by atomic mass is 79.9. The minimum absolute atomic E-state index is 0.0758. The fourth-order valence-corrected chi connectivity index (χ4v) is 5.30. The molecule has 0 aliphatic carbocycles. The highest BCUT2D eigenvalue weighted by molar-refractivity contribution is 9.10. The van der Waals surface area contributed by atoms with Crippen molar-refractivity contribution in [3.63, 3.8) is 0 Å². The topological polar surface area (TPSA) is 131 Å². The molecule has 1 fully saturated rings. The van der Waals surface area contributed by atoms with Crippen molar-refractivity contribution < 1.29 is 37.4 Å². The van der Waals surface area contributed by atoms with Crippen LogP contribution in [-0.4, -0.2) is 69.9 Å². The summed E-state index contributed by atoms with van der Waals surface area (Å²) >= 11 is 3.21. The van der Waals surface area contributed by atoms with Gasteiger partial charge in [-0.15, -0.1) is 5.10 Å². The van der Waals surface area contributed by atoms with Crippen LogP contribution in [0.15, 0.2) is 46.2 Å². The van der Waals surface area contributed by atoms with E-state index in [-0.39, 0.29) is 16.2 Å². The number of hydrogen-bond donors (Lipinski definition) is 3. The van der Waals surface area contributed by atoms with Gasteiger partial charge in [-0.2, -0.15) is 0 Å². The third kappa shape index (κ3) is 4.58. The molecule has 1 aliphatic heterocycles. The molecule has 0 spiro atoms. The number of pyridine rings is 1. The van der Waals surface area contributed by atoms with Crippen LogP contribution >= 0.6 is 15.9 Å². The zero-order valence-electron chi connectivity index (χ0n) is 16.4. The van der Waals surface area contributed by atoms with Gasteiger partial charge in [-0.1, -0.05) is 5.21 Å². The van der Waals surface area contributed by atoms with Crippen molar-refractivity contribution in [2.45, 2.75) is 34.7 Å². The Morgan fingerprint density at radius 3 is 2.45 bits per heavy atom. The summed E-state index contributed by atoms with van der Waals surface area (Å²) < 4.78 is 60.6. The summed E-state index contributed by atoms with van der Waals surface area (Å²) in [4.78, 5) is 4.14. The molecule has 1 saturated heterocycles. The van der Waals surface area contributed by atoms with E-state index in [1.807, 2.05) is 0 Å². The molecule has 0 bridgehead atoms. The number of halogens is 4. The molecule has 0 amide bonds. The maximum atomic E-state index is 13.6. The Morgan fingerprint density at radius 2 is 1.82 bits per heavy atom. The Bertz CT molecular complexity index is 1180. The van der Waals surface area contributed by atoms with Gasteiger partial charge in [0.15, 0.2) is 22.9 Å². The van der Waals surface area contributed by atoms with Crippen molar-refractivity contribution in [2.75, 3.05) is 6.61 Å². The van der Waals surface area contributed by atoms with Crippen molar-refractivity contribution in [1.29, 1.82) is 0 Å². The van der Waals surface area contributed by atoms with Crippen molar-refractivity contribution in [3.05, 3.63) is 58.7 Å². The molecule has 1 aliphatic rings. The Kier molecular flexibility index (Phi) is 6.93. The van der Waals surface area contributed by atoms with Gasteiger partial charge in [-0.3, -0.25) is 9.19 Å². The van der Waals surface area contributed by atoms with E-state index in [9.17, 15) is 32.7 Å². The summed E-state index contributed by atoms with van der Waals surface area (Å²) in [6, 6.07) is 1.66. The second kappa shape index (κ2) is 9.56. The lowest BCUT2D eigenvalue weighted by atomic mass is 9.97. The van der Waals surface area contributed by atoms with Crippen molar-refractivity contribution in [3.8, 4) is 11.3 Å². The monoisotopic (exact) mass is 548 g/mol. The van der Waals surface area contributed by atoms with Crippen molar-refractivity contribution >= 4 is 26.7 Å². The van der Waals surface area contributed by atoms with Crippen LogP contribution < -0.4 is 0 Å². The first-order chi connectivity index (χ1) is 15.7. The summed E-state index contributed by atoms with van der Waals surface area (Å²) in [7, 11) is -1.97. The van der Waals surface area contributed by atoms with Gasteiger partial charge >= 0.3 is 0 Å². The molecular formula is C19H16BrF3N4O5S. The van der Waals surface area contributed by atoms with E-state index >= 15 is 0 Å².